The van der Waals surface area contributed by atoms with E-state index in [1.165, 1.54) is 7.11 Å². The van der Waals surface area contributed by atoms with E-state index in [0.717, 1.165) is 11.3 Å². The molecule has 1 heterocycles. The summed E-state index contributed by atoms with van der Waals surface area (Å²) in [6.07, 6.45) is 3.54. The third-order valence-electron chi connectivity index (χ3n) is 2.83. The second kappa shape index (κ2) is 6.72. The van der Waals surface area contributed by atoms with Gasteiger partial charge < -0.3 is 15.2 Å². The molecule has 2 N–H and O–H groups in total. The highest BCUT2D eigenvalue weighted by atomic mass is 16.5. The molecule has 6 nitrogen and oxygen atoms in total. The van der Waals surface area contributed by atoms with Gasteiger partial charge in [-0.25, -0.2) is 4.79 Å². The number of methoxy groups -OCH3 is 1. The Labute approximate surface area is 117 Å². The van der Waals surface area contributed by atoms with Crippen LogP contribution in [0, 0.1) is 0 Å². The van der Waals surface area contributed by atoms with E-state index in [4.69, 9.17) is 5.11 Å². The summed E-state index contributed by atoms with van der Waals surface area (Å²) in [4.78, 5) is 11.3. The Morgan fingerprint density at radius 3 is 2.80 bits per heavy atom. The highest BCUT2D eigenvalue weighted by Gasteiger charge is 2.04. The van der Waals surface area contributed by atoms with Gasteiger partial charge >= 0.3 is 5.97 Å². The summed E-state index contributed by atoms with van der Waals surface area (Å²) in [6, 6.07) is 7.21. The molecule has 2 aromatic rings. The molecule has 106 valence electrons. The summed E-state index contributed by atoms with van der Waals surface area (Å²) in [7, 11) is 1.36. The molecule has 0 saturated heterocycles. The van der Waals surface area contributed by atoms with Crippen LogP contribution >= 0.6 is 0 Å². The maximum Gasteiger partial charge on any atom is 0.337 e. The molecule has 0 radical (unpaired) electrons. The Morgan fingerprint density at radius 2 is 2.15 bits per heavy atom. The zero-order valence-electron chi connectivity index (χ0n) is 11.2. The summed E-state index contributed by atoms with van der Waals surface area (Å²) in [5, 5.41) is 16.1. The quantitative estimate of drug-likeness (QED) is 0.776. The highest BCUT2D eigenvalue weighted by Crippen LogP contribution is 2.10. The molecule has 1 aromatic carbocycles. The Hall–Kier alpha value is -2.34. The molecule has 0 fully saturated rings. The van der Waals surface area contributed by atoms with E-state index >= 15 is 0 Å². The van der Waals surface area contributed by atoms with Crippen LogP contribution in [0.1, 0.15) is 15.9 Å². The molecular formula is C14H17N3O3. The molecular weight excluding hydrogens is 258 g/mol. The average Bonchev–Trinajstić information content (AvgIpc) is 2.93. The maximum absolute atomic E-state index is 11.3. The Bertz CT molecular complexity index is 563. The van der Waals surface area contributed by atoms with Gasteiger partial charge in [-0.15, -0.1) is 0 Å². The van der Waals surface area contributed by atoms with Crippen LogP contribution in [0.2, 0.25) is 0 Å². The smallest absolute Gasteiger partial charge is 0.337 e. The lowest BCUT2D eigenvalue weighted by atomic mass is 10.1. The van der Waals surface area contributed by atoms with Crippen molar-refractivity contribution in [3.8, 4) is 0 Å². The first-order valence-corrected chi connectivity index (χ1v) is 6.27. The largest absolute Gasteiger partial charge is 0.465 e. The van der Waals surface area contributed by atoms with Crippen LogP contribution < -0.4 is 5.32 Å². The number of benzene rings is 1. The molecule has 0 bridgehead atoms. The number of carbonyl (C=O) groups excluding carboxylic acids is 1. The zero-order chi connectivity index (χ0) is 14.4. The van der Waals surface area contributed by atoms with Crippen LogP contribution in [-0.2, 0) is 17.8 Å². The van der Waals surface area contributed by atoms with Crippen LogP contribution in [0.4, 0.5) is 5.69 Å². The molecule has 1 aromatic heterocycles. The summed E-state index contributed by atoms with van der Waals surface area (Å²) in [5.74, 6) is -0.338. The molecule has 0 aliphatic heterocycles. The number of hydrogen-bond acceptors (Lipinski definition) is 5. The number of aliphatic hydroxyl groups excluding tert-OH is 1. The van der Waals surface area contributed by atoms with Crippen molar-refractivity contribution in [1.29, 1.82) is 0 Å². The van der Waals surface area contributed by atoms with Gasteiger partial charge in [0.2, 0.25) is 0 Å². The summed E-state index contributed by atoms with van der Waals surface area (Å²) < 4.78 is 6.31. The third-order valence-corrected chi connectivity index (χ3v) is 2.83. The van der Waals surface area contributed by atoms with Gasteiger partial charge in [0.05, 0.1) is 37.7 Å². The van der Waals surface area contributed by atoms with E-state index < -0.39 is 0 Å². The lowest BCUT2D eigenvalue weighted by molar-refractivity contribution is 0.0600. The summed E-state index contributed by atoms with van der Waals surface area (Å²) in [6.45, 7) is 1.18. The zero-order valence-corrected chi connectivity index (χ0v) is 11.2. The number of ether oxygens (including phenoxy) is 1. The third kappa shape index (κ3) is 3.58. The van der Waals surface area contributed by atoms with Crippen LogP contribution in [0.3, 0.4) is 0 Å². The SMILES string of the molecule is COC(=O)c1ccc(CNc2cnn(CCO)c2)cc1. The van der Waals surface area contributed by atoms with Gasteiger partial charge in [-0.2, -0.15) is 5.10 Å². The first-order valence-electron chi connectivity index (χ1n) is 6.27. The van der Waals surface area contributed by atoms with E-state index in [9.17, 15) is 4.79 Å². The van der Waals surface area contributed by atoms with Crippen LogP contribution in [0.25, 0.3) is 0 Å². The number of rotatable bonds is 6. The number of aromatic nitrogens is 2. The fourth-order valence-corrected chi connectivity index (χ4v) is 1.76. The van der Waals surface area contributed by atoms with Crippen molar-refractivity contribution >= 4 is 11.7 Å². The molecule has 0 aliphatic rings. The number of nitrogens with zero attached hydrogens (tertiary/aromatic N) is 2. The lowest BCUT2D eigenvalue weighted by Crippen LogP contribution is -2.03. The predicted octanol–water partition coefficient (Wildman–Crippen LogP) is 1.27. The van der Waals surface area contributed by atoms with E-state index in [-0.39, 0.29) is 12.6 Å². The van der Waals surface area contributed by atoms with Gasteiger partial charge in [-0.3, -0.25) is 4.68 Å². The average molecular weight is 275 g/mol. The predicted molar refractivity (Wildman–Crippen MR) is 74.4 cm³/mol. The number of esters is 1. The second-order valence-electron chi connectivity index (χ2n) is 4.26. The van der Waals surface area contributed by atoms with E-state index in [1.54, 1.807) is 23.0 Å². The molecule has 6 heteroatoms. The number of aliphatic hydroxyl groups is 1. The van der Waals surface area contributed by atoms with Crippen molar-refractivity contribution in [3.63, 3.8) is 0 Å². The number of nitrogens with one attached hydrogen (secondary N) is 1. The topological polar surface area (TPSA) is 76.4 Å². The van der Waals surface area contributed by atoms with Gasteiger partial charge in [-0.1, -0.05) is 12.1 Å². The van der Waals surface area contributed by atoms with E-state index in [0.29, 0.717) is 18.7 Å². The van der Waals surface area contributed by atoms with Crippen molar-refractivity contribution in [2.45, 2.75) is 13.1 Å². The monoisotopic (exact) mass is 275 g/mol. The molecule has 0 saturated carbocycles. The highest BCUT2D eigenvalue weighted by molar-refractivity contribution is 5.89. The van der Waals surface area contributed by atoms with E-state index in [1.807, 2.05) is 18.3 Å². The lowest BCUT2D eigenvalue weighted by Gasteiger charge is -2.05. The second-order valence-corrected chi connectivity index (χ2v) is 4.26. The minimum atomic E-state index is -0.338. The molecule has 0 amide bonds. The van der Waals surface area contributed by atoms with Gasteiger partial charge in [-0.05, 0) is 17.7 Å². The van der Waals surface area contributed by atoms with E-state index in [2.05, 4.69) is 15.2 Å². The van der Waals surface area contributed by atoms with Crippen molar-refractivity contribution in [2.24, 2.45) is 0 Å². The van der Waals surface area contributed by atoms with Crippen molar-refractivity contribution in [3.05, 3.63) is 47.8 Å². The first kappa shape index (κ1) is 14.1. The fraction of sp³-hybridized carbons (Fsp3) is 0.286. The Kier molecular flexibility index (Phi) is 4.73. The standard InChI is InChI=1S/C14H17N3O3/c1-20-14(19)12-4-2-11(3-5-12)8-15-13-9-16-17(10-13)6-7-18/h2-5,9-10,15,18H,6-8H2,1H3. The van der Waals surface area contributed by atoms with Crippen LogP contribution in [0.15, 0.2) is 36.7 Å². The number of hydrogen-bond donors (Lipinski definition) is 2. The molecule has 0 spiro atoms. The number of carbonyl (C=O) groups is 1. The van der Waals surface area contributed by atoms with Gasteiger partial charge in [0.25, 0.3) is 0 Å². The minimum Gasteiger partial charge on any atom is -0.465 e. The van der Waals surface area contributed by atoms with Gasteiger partial charge in [0, 0.05) is 12.7 Å². The van der Waals surface area contributed by atoms with Gasteiger partial charge in [0.15, 0.2) is 0 Å². The molecule has 2 rings (SSSR count). The van der Waals surface area contributed by atoms with Crippen molar-refractivity contribution < 1.29 is 14.6 Å². The minimum absolute atomic E-state index is 0.0656. The van der Waals surface area contributed by atoms with Crippen molar-refractivity contribution in [2.75, 3.05) is 19.0 Å². The maximum atomic E-state index is 11.3. The summed E-state index contributed by atoms with van der Waals surface area (Å²) >= 11 is 0. The summed E-state index contributed by atoms with van der Waals surface area (Å²) in [5.41, 5.74) is 2.47. The molecule has 20 heavy (non-hydrogen) atoms. The Balaban J connectivity index is 1.91. The normalized spacial score (nSPS) is 10.3. The van der Waals surface area contributed by atoms with Gasteiger partial charge in [0.1, 0.15) is 0 Å². The van der Waals surface area contributed by atoms with Crippen LogP contribution in [0.5, 0.6) is 0 Å². The molecule has 0 aliphatic carbocycles. The van der Waals surface area contributed by atoms with Crippen LogP contribution in [-0.4, -0.2) is 34.6 Å². The molecule has 0 unspecified atom stereocenters. The first-order chi connectivity index (χ1) is 9.72. The number of anilines is 1. The van der Waals surface area contributed by atoms with Crippen molar-refractivity contribution in [1.82, 2.24) is 9.78 Å². The molecule has 0 atom stereocenters. The Morgan fingerprint density at radius 1 is 1.40 bits per heavy atom. The fourth-order valence-electron chi connectivity index (χ4n) is 1.76.